The Bertz CT molecular complexity index is 469. The fourth-order valence-corrected chi connectivity index (χ4v) is 1.67. The molecule has 6 nitrogen and oxygen atoms in total. The van der Waals surface area contributed by atoms with Gasteiger partial charge in [-0.05, 0) is 12.5 Å². The van der Waals surface area contributed by atoms with Crippen LogP contribution in [0.25, 0.3) is 0 Å². The van der Waals surface area contributed by atoms with E-state index in [0.29, 0.717) is 18.8 Å². The van der Waals surface area contributed by atoms with Crippen LogP contribution in [0.3, 0.4) is 0 Å². The third-order valence-electron chi connectivity index (χ3n) is 2.77. The van der Waals surface area contributed by atoms with Crippen molar-refractivity contribution in [3.63, 3.8) is 0 Å². The average molecular weight is 236 g/mol. The lowest BCUT2D eigenvalue weighted by molar-refractivity contribution is -0.384. The van der Waals surface area contributed by atoms with Gasteiger partial charge < -0.3 is 9.64 Å². The fourth-order valence-electron chi connectivity index (χ4n) is 1.67. The predicted octanol–water partition coefficient (Wildman–Crippen LogP) is 1.45. The van der Waals surface area contributed by atoms with Crippen molar-refractivity contribution in [3.8, 4) is 5.75 Å². The summed E-state index contributed by atoms with van der Waals surface area (Å²) in [7, 11) is 1.44. The van der Waals surface area contributed by atoms with Crippen LogP contribution >= 0.6 is 0 Å². The van der Waals surface area contributed by atoms with Crippen molar-refractivity contribution in [2.45, 2.75) is 6.42 Å². The quantitative estimate of drug-likeness (QED) is 0.588. The van der Waals surface area contributed by atoms with Gasteiger partial charge >= 0.3 is 0 Å². The maximum Gasteiger partial charge on any atom is 0.270 e. The number of amides is 1. The minimum absolute atomic E-state index is 0.102. The monoisotopic (exact) mass is 236 g/mol. The van der Waals surface area contributed by atoms with Crippen molar-refractivity contribution < 1.29 is 14.5 Å². The standard InChI is InChI=1S/C11H12N2O4/c1-17-10-4-3-8(13(15)16)7-9(10)11(14)12-5-2-6-12/h3-4,7H,2,5-6H2,1H3. The van der Waals surface area contributed by atoms with Crippen LogP contribution in [0.5, 0.6) is 5.75 Å². The Kier molecular flexibility index (Phi) is 2.95. The van der Waals surface area contributed by atoms with Crippen molar-refractivity contribution in [1.29, 1.82) is 0 Å². The summed E-state index contributed by atoms with van der Waals surface area (Å²) in [6.07, 6.45) is 0.975. The number of non-ortho nitro benzene ring substituents is 1. The maximum atomic E-state index is 12.0. The third kappa shape index (κ3) is 2.06. The van der Waals surface area contributed by atoms with E-state index in [2.05, 4.69) is 0 Å². The second-order valence-corrected chi connectivity index (χ2v) is 3.79. The Morgan fingerprint density at radius 1 is 1.47 bits per heavy atom. The van der Waals surface area contributed by atoms with Crippen molar-refractivity contribution in [2.24, 2.45) is 0 Å². The second kappa shape index (κ2) is 4.40. The molecule has 17 heavy (non-hydrogen) atoms. The zero-order valence-corrected chi connectivity index (χ0v) is 9.38. The Hall–Kier alpha value is -2.11. The average Bonchev–Trinajstić information content (AvgIpc) is 2.25. The minimum Gasteiger partial charge on any atom is -0.496 e. The van der Waals surface area contributed by atoms with Crippen molar-refractivity contribution in [1.82, 2.24) is 4.90 Å². The summed E-state index contributed by atoms with van der Waals surface area (Å²) >= 11 is 0. The highest BCUT2D eigenvalue weighted by Crippen LogP contribution is 2.26. The number of hydrogen-bond donors (Lipinski definition) is 0. The molecule has 1 aromatic carbocycles. The van der Waals surface area contributed by atoms with Crippen molar-refractivity contribution >= 4 is 11.6 Å². The molecule has 0 bridgehead atoms. The van der Waals surface area contributed by atoms with Gasteiger partial charge in [0.15, 0.2) is 0 Å². The highest BCUT2D eigenvalue weighted by atomic mass is 16.6. The maximum absolute atomic E-state index is 12.0. The number of nitro groups is 1. The lowest BCUT2D eigenvalue weighted by Crippen LogP contribution is -2.42. The van der Waals surface area contributed by atoms with Crippen LogP contribution in [0.1, 0.15) is 16.8 Å². The molecule has 1 fully saturated rings. The Labute approximate surface area is 97.9 Å². The lowest BCUT2D eigenvalue weighted by atomic mass is 10.1. The van der Waals surface area contributed by atoms with Gasteiger partial charge in [0.05, 0.1) is 17.6 Å². The molecule has 1 aromatic rings. The van der Waals surface area contributed by atoms with E-state index < -0.39 is 4.92 Å². The number of carbonyl (C=O) groups excluding carboxylic acids is 1. The molecule has 0 aliphatic carbocycles. The summed E-state index contributed by atoms with van der Waals surface area (Å²) in [5.41, 5.74) is 0.149. The highest BCUT2D eigenvalue weighted by Gasteiger charge is 2.25. The Morgan fingerprint density at radius 2 is 2.18 bits per heavy atom. The third-order valence-corrected chi connectivity index (χ3v) is 2.77. The molecule has 0 unspecified atom stereocenters. The largest absolute Gasteiger partial charge is 0.496 e. The van der Waals surface area contributed by atoms with Crippen LogP contribution < -0.4 is 4.74 Å². The van der Waals surface area contributed by atoms with E-state index in [-0.39, 0.29) is 17.2 Å². The van der Waals surface area contributed by atoms with Crippen LogP contribution in [0.15, 0.2) is 18.2 Å². The summed E-state index contributed by atoms with van der Waals surface area (Å²) in [4.78, 5) is 23.8. The minimum atomic E-state index is -0.522. The van der Waals surface area contributed by atoms with Crippen LogP contribution in [0.2, 0.25) is 0 Å². The molecule has 0 N–H and O–H groups in total. The molecular formula is C11H12N2O4. The van der Waals surface area contributed by atoms with Crippen LogP contribution in [-0.4, -0.2) is 35.9 Å². The first-order chi connectivity index (χ1) is 8.13. The molecule has 6 heteroatoms. The first kappa shape index (κ1) is 11.4. The topological polar surface area (TPSA) is 72.7 Å². The zero-order valence-electron chi connectivity index (χ0n) is 9.38. The smallest absolute Gasteiger partial charge is 0.270 e. The number of methoxy groups -OCH3 is 1. The van der Waals surface area contributed by atoms with Gasteiger partial charge in [0.25, 0.3) is 11.6 Å². The van der Waals surface area contributed by atoms with Gasteiger partial charge in [-0.3, -0.25) is 14.9 Å². The zero-order chi connectivity index (χ0) is 12.4. The molecule has 0 aromatic heterocycles. The number of carbonyl (C=O) groups is 1. The number of hydrogen-bond acceptors (Lipinski definition) is 4. The molecule has 0 atom stereocenters. The molecule has 0 saturated carbocycles. The van der Waals surface area contributed by atoms with Crippen LogP contribution in [0, 0.1) is 10.1 Å². The molecule has 1 heterocycles. The van der Waals surface area contributed by atoms with Gasteiger partial charge in [-0.2, -0.15) is 0 Å². The fraction of sp³-hybridized carbons (Fsp3) is 0.364. The number of rotatable bonds is 3. The van der Waals surface area contributed by atoms with Gasteiger partial charge in [0, 0.05) is 25.2 Å². The van der Waals surface area contributed by atoms with Gasteiger partial charge in [-0.25, -0.2) is 0 Å². The Morgan fingerprint density at radius 3 is 2.65 bits per heavy atom. The highest BCUT2D eigenvalue weighted by molar-refractivity contribution is 5.98. The summed E-state index contributed by atoms with van der Waals surface area (Å²) in [6.45, 7) is 1.40. The lowest BCUT2D eigenvalue weighted by Gasteiger charge is -2.31. The molecule has 1 amide bonds. The van der Waals surface area contributed by atoms with E-state index in [0.717, 1.165) is 6.42 Å². The molecule has 2 rings (SSSR count). The molecule has 0 radical (unpaired) electrons. The number of benzene rings is 1. The first-order valence-electron chi connectivity index (χ1n) is 5.25. The summed E-state index contributed by atoms with van der Waals surface area (Å²) in [6, 6.07) is 4.04. The summed E-state index contributed by atoms with van der Waals surface area (Å²) in [5.74, 6) is 0.157. The summed E-state index contributed by atoms with van der Waals surface area (Å²) < 4.78 is 5.05. The normalized spacial score (nSPS) is 14.1. The molecule has 90 valence electrons. The van der Waals surface area contributed by atoms with E-state index >= 15 is 0 Å². The van der Waals surface area contributed by atoms with Crippen LogP contribution in [-0.2, 0) is 0 Å². The van der Waals surface area contributed by atoms with Crippen molar-refractivity contribution in [3.05, 3.63) is 33.9 Å². The van der Waals surface area contributed by atoms with Gasteiger partial charge in [-0.1, -0.05) is 0 Å². The van der Waals surface area contributed by atoms with E-state index in [4.69, 9.17) is 4.74 Å². The van der Waals surface area contributed by atoms with Gasteiger partial charge in [0.1, 0.15) is 5.75 Å². The van der Waals surface area contributed by atoms with Crippen LogP contribution in [0.4, 0.5) is 5.69 Å². The number of likely N-dealkylation sites (tertiary alicyclic amines) is 1. The molecule has 0 spiro atoms. The first-order valence-corrected chi connectivity index (χ1v) is 5.25. The molecular weight excluding hydrogens is 224 g/mol. The predicted molar refractivity (Wildman–Crippen MR) is 60.2 cm³/mol. The summed E-state index contributed by atoms with van der Waals surface area (Å²) in [5, 5.41) is 10.7. The van der Waals surface area contributed by atoms with Gasteiger partial charge in [-0.15, -0.1) is 0 Å². The number of nitro benzene ring substituents is 1. The molecule has 1 saturated heterocycles. The SMILES string of the molecule is COc1ccc([N+](=O)[O-])cc1C(=O)N1CCC1. The number of ether oxygens (including phenoxy) is 1. The second-order valence-electron chi connectivity index (χ2n) is 3.79. The molecule has 1 aliphatic heterocycles. The van der Waals surface area contributed by atoms with Gasteiger partial charge in [0.2, 0.25) is 0 Å². The van der Waals surface area contributed by atoms with E-state index in [1.807, 2.05) is 0 Å². The Balaban J connectivity index is 2.37. The van der Waals surface area contributed by atoms with E-state index in [1.165, 1.54) is 25.3 Å². The van der Waals surface area contributed by atoms with E-state index in [1.54, 1.807) is 4.90 Å². The molecule has 1 aliphatic rings. The van der Waals surface area contributed by atoms with Crippen molar-refractivity contribution in [2.75, 3.05) is 20.2 Å². The van der Waals surface area contributed by atoms with E-state index in [9.17, 15) is 14.9 Å². The number of nitrogens with zero attached hydrogens (tertiary/aromatic N) is 2.